The van der Waals surface area contributed by atoms with Gasteiger partial charge in [0.25, 0.3) is 0 Å². The number of furan rings is 1. The largest absolute Gasteiger partial charge is 0.496 e. The Morgan fingerprint density at radius 1 is 0.970 bits per heavy atom. The predicted molar refractivity (Wildman–Crippen MR) is 133 cm³/mol. The molecule has 0 aliphatic rings. The molecule has 0 radical (unpaired) electrons. The second-order valence-electron chi connectivity index (χ2n) is 7.94. The summed E-state index contributed by atoms with van der Waals surface area (Å²) in [7, 11) is 3.28. The van der Waals surface area contributed by atoms with Gasteiger partial charge in [-0.2, -0.15) is 0 Å². The van der Waals surface area contributed by atoms with Gasteiger partial charge in [0.1, 0.15) is 17.1 Å². The maximum absolute atomic E-state index is 12.8. The van der Waals surface area contributed by atoms with E-state index in [9.17, 15) is 4.79 Å². The fraction of sp³-hybridized carbons (Fsp3) is 0.179. The fourth-order valence-corrected chi connectivity index (χ4v) is 4.10. The second kappa shape index (κ2) is 9.25. The molecule has 0 bridgehead atoms. The van der Waals surface area contributed by atoms with Crippen molar-refractivity contribution in [3.8, 4) is 22.6 Å². The number of hydrogen-bond acceptors (Lipinski definition) is 4. The molecule has 0 fully saturated rings. The number of hydrogen-bond donors (Lipinski definition) is 1. The van der Waals surface area contributed by atoms with Gasteiger partial charge in [-0.05, 0) is 50.1 Å². The van der Waals surface area contributed by atoms with Gasteiger partial charge in [0.05, 0.1) is 20.5 Å². The van der Waals surface area contributed by atoms with Crippen LogP contribution in [-0.4, -0.2) is 20.1 Å². The van der Waals surface area contributed by atoms with E-state index in [1.165, 1.54) is 0 Å². The van der Waals surface area contributed by atoms with Gasteiger partial charge in [0.15, 0.2) is 0 Å². The van der Waals surface area contributed by atoms with Gasteiger partial charge < -0.3 is 19.2 Å². The number of amides is 1. The molecule has 4 rings (SSSR count). The molecule has 0 saturated carbocycles. The van der Waals surface area contributed by atoms with Crippen molar-refractivity contribution in [3.05, 3.63) is 83.6 Å². The van der Waals surface area contributed by atoms with Gasteiger partial charge in [-0.3, -0.25) is 4.79 Å². The summed E-state index contributed by atoms with van der Waals surface area (Å²) in [5.41, 5.74) is 6.90. The standard InChI is InChI=1S/C28H27NO4/c1-17-10-6-8-12-24(17)29-26(30)14-18(2)21-15-22-23(20-11-7-9-13-25(20)31-4)16-33-28(22)19(3)27(21)32-5/h6-16H,1-5H3,(H,29,30)/b18-14+. The smallest absolute Gasteiger partial charge is 0.248 e. The van der Waals surface area contributed by atoms with Gasteiger partial charge in [-0.1, -0.05) is 36.4 Å². The van der Waals surface area contributed by atoms with Crippen molar-refractivity contribution in [2.45, 2.75) is 20.8 Å². The molecule has 0 spiro atoms. The van der Waals surface area contributed by atoms with Crippen molar-refractivity contribution in [2.24, 2.45) is 0 Å². The molecular weight excluding hydrogens is 414 g/mol. The molecule has 168 valence electrons. The zero-order valence-corrected chi connectivity index (χ0v) is 19.5. The van der Waals surface area contributed by atoms with Gasteiger partial charge in [0, 0.05) is 39.4 Å². The van der Waals surface area contributed by atoms with Crippen molar-refractivity contribution < 1.29 is 18.7 Å². The maximum Gasteiger partial charge on any atom is 0.248 e. The van der Waals surface area contributed by atoms with Gasteiger partial charge in [-0.15, -0.1) is 0 Å². The van der Waals surface area contributed by atoms with Crippen molar-refractivity contribution in [3.63, 3.8) is 0 Å². The summed E-state index contributed by atoms with van der Waals surface area (Å²) >= 11 is 0. The third kappa shape index (κ3) is 4.22. The van der Waals surface area contributed by atoms with Crippen molar-refractivity contribution in [1.82, 2.24) is 0 Å². The number of methoxy groups -OCH3 is 2. The van der Waals surface area contributed by atoms with E-state index < -0.39 is 0 Å². The molecule has 0 saturated heterocycles. The zero-order valence-electron chi connectivity index (χ0n) is 19.5. The molecule has 1 aromatic heterocycles. The number of benzene rings is 3. The van der Waals surface area contributed by atoms with E-state index in [2.05, 4.69) is 5.32 Å². The number of carbonyl (C=O) groups is 1. The number of rotatable bonds is 6. The first-order valence-corrected chi connectivity index (χ1v) is 10.7. The average molecular weight is 442 g/mol. The quantitative estimate of drug-likeness (QED) is 0.335. The van der Waals surface area contributed by atoms with E-state index in [-0.39, 0.29) is 5.91 Å². The Morgan fingerprint density at radius 3 is 2.42 bits per heavy atom. The van der Waals surface area contributed by atoms with E-state index in [0.29, 0.717) is 5.75 Å². The first-order valence-electron chi connectivity index (χ1n) is 10.7. The molecule has 1 amide bonds. The lowest BCUT2D eigenvalue weighted by molar-refractivity contribution is -0.111. The molecule has 0 aliphatic carbocycles. The van der Waals surface area contributed by atoms with Crippen LogP contribution in [0.4, 0.5) is 5.69 Å². The van der Waals surface area contributed by atoms with Crippen molar-refractivity contribution in [1.29, 1.82) is 0 Å². The molecule has 3 aromatic carbocycles. The van der Waals surface area contributed by atoms with Gasteiger partial charge in [-0.25, -0.2) is 0 Å². The van der Waals surface area contributed by atoms with Crippen LogP contribution in [0.3, 0.4) is 0 Å². The van der Waals surface area contributed by atoms with Crippen LogP contribution in [0.15, 0.2) is 71.4 Å². The van der Waals surface area contributed by atoms with Crippen LogP contribution in [0, 0.1) is 13.8 Å². The van der Waals surface area contributed by atoms with Gasteiger partial charge in [0.2, 0.25) is 5.91 Å². The Hall–Kier alpha value is -3.99. The van der Waals surface area contributed by atoms with Crippen LogP contribution < -0.4 is 14.8 Å². The molecule has 4 aromatic rings. The van der Waals surface area contributed by atoms with Crippen LogP contribution in [0.5, 0.6) is 11.5 Å². The number of anilines is 1. The van der Waals surface area contributed by atoms with E-state index in [1.807, 2.05) is 75.4 Å². The topological polar surface area (TPSA) is 60.7 Å². The molecule has 0 atom stereocenters. The number of fused-ring (bicyclic) bond motifs is 1. The van der Waals surface area contributed by atoms with Gasteiger partial charge >= 0.3 is 0 Å². The Morgan fingerprint density at radius 2 is 1.70 bits per heavy atom. The molecule has 0 unspecified atom stereocenters. The third-order valence-corrected chi connectivity index (χ3v) is 5.82. The monoisotopic (exact) mass is 441 g/mol. The van der Waals surface area contributed by atoms with Crippen molar-refractivity contribution in [2.75, 3.05) is 19.5 Å². The molecule has 1 heterocycles. The normalized spacial score (nSPS) is 11.5. The summed E-state index contributed by atoms with van der Waals surface area (Å²) in [6.07, 6.45) is 3.33. The van der Waals surface area contributed by atoms with Crippen LogP contribution >= 0.6 is 0 Å². The van der Waals surface area contributed by atoms with E-state index >= 15 is 0 Å². The Labute approximate surface area is 193 Å². The third-order valence-electron chi connectivity index (χ3n) is 5.82. The highest BCUT2D eigenvalue weighted by Crippen LogP contribution is 2.42. The Kier molecular flexibility index (Phi) is 6.22. The van der Waals surface area contributed by atoms with E-state index in [0.717, 1.165) is 55.8 Å². The molecule has 33 heavy (non-hydrogen) atoms. The summed E-state index contributed by atoms with van der Waals surface area (Å²) in [5.74, 6) is 1.25. The first kappa shape index (κ1) is 22.2. The summed E-state index contributed by atoms with van der Waals surface area (Å²) in [5, 5.41) is 3.89. The molecule has 5 heteroatoms. The first-order chi connectivity index (χ1) is 15.9. The van der Waals surface area contributed by atoms with Crippen molar-refractivity contribution >= 4 is 28.1 Å². The lowest BCUT2D eigenvalue weighted by atomic mass is 9.96. The minimum Gasteiger partial charge on any atom is -0.496 e. The summed E-state index contributed by atoms with van der Waals surface area (Å²) in [6.45, 7) is 5.83. The van der Waals surface area contributed by atoms with Crippen LogP contribution in [0.2, 0.25) is 0 Å². The summed E-state index contributed by atoms with van der Waals surface area (Å²) < 4.78 is 17.2. The highest BCUT2D eigenvalue weighted by Gasteiger charge is 2.20. The number of ether oxygens (including phenoxy) is 2. The SMILES string of the molecule is COc1ccccc1-c1coc2c(C)c(OC)c(/C(C)=C/C(=O)Nc3ccccc3C)cc12. The average Bonchev–Trinajstić information content (AvgIpc) is 3.24. The number of allylic oxidation sites excluding steroid dienone is 1. The number of para-hydroxylation sites is 2. The van der Waals surface area contributed by atoms with Crippen LogP contribution in [0.1, 0.15) is 23.6 Å². The molecule has 0 aliphatic heterocycles. The van der Waals surface area contributed by atoms with E-state index in [4.69, 9.17) is 13.9 Å². The molecular formula is C28H27NO4. The Balaban J connectivity index is 1.80. The lowest BCUT2D eigenvalue weighted by Gasteiger charge is -2.14. The molecule has 5 nitrogen and oxygen atoms in total. The minimum absolute atomic E-state index is 0.196. The number of nitrogens with one attached hydrogen (secondary N) is 1. The molecule has 1 N–H and O–H groups in total. The predicted octanol–water partition coefficient (Wildman–Crippen LogP) is 6.78. The number of carbonyl (C=O) groups excluding carboxylic acids is 1. The van der Waals surface area contributed by atoms with Crippen LogP contribution in [-0.2, 0) is 4.79 Å². The fourth-order valence-electron chi connectivity index (χ4n) is 4.10. The Bertz CT molecular complexity index is 1360. The number of aryl methyl sites for hydroxylation is 2. The summed E-state index contributed by atoms with van der Waals surface area (Å²) in [6, 6.07) is 17.5. The zero-order chi connectivity index (χ0) is 23.5. The summed E-state index contributed by atoms with van der Waals surface area (Å²) in [4.78, 5) is 12.8. The maximum atomic E-state index is 12.8. The lowest BCUT2D eigenvalue weighted by Crippen LogP contribution is -2.09. The minimum atomic E-state index is -0.196. The highest BCUT2D eigenvalue weighted by atomic mass is 16.5. The van der Waals surface area contributed by atoms with E-state index in [1.54, 1.807) is 26.6 Å². The second-order valence-corrected chi connectivity index (χ2v) is 7.94. The highest BCUT2D eigenvalue weighted by molar-refractivity contribution is 6.06. The van der Waals surface area contributed by atoms with Crippen LogP contribution in [0.25, 0.3) is 27.7 Å².